The van der Waals surface area contributed by atoms with Gasteiger partial charge in [-0.05, 0) is 46.0 Å². The number of alkyl halides is 2. The van der Waals surface area contributed by atoms with Crippen molar-refractivity contribution >= 4 is 39.1 Å². The predicted molar refractivity (Wildman–Crippen MR) is 69.3 cm³/mol. The Balaban J connectivity index is 2.74. The summed E-state index contributed by atoms with van der Waals surface area (Å²) in [6.45, 7) is 0. The molecule has 0 spiro atoms. The van der Waals surface area contributed by atoms with Crippen molar-refractivity contribution in [3.05, 3.63) is 28.2 Å². The van der Waals surface area contributed by atoms with E-state index in [-0.39, 0.29) is 0 Å². The van der Waals surface area contributed by atoms with Gasteiger partial charge in [0.25, 0.3) is 0 Å². The van der Waals surface area contributed by atoms with Gasteiger partial charge in [-0.2, -0.15) is 0 Å². The Bertz CT molecular complexity index is 313. The lowest BCUT2D eigenvalue weighted by Crippen LogP contribution is -2.07. The fourth-order valence-corrected chi connectivity index (χ4v) is 2.46. The van der Waals surface area contributed by atoms with Crippen molar-refractivity contribution in [3.8, 4) is 5.75 Å². The molecular weight excluding hydrogens is 299 g/mol. The molecule has 0 aliphatic heterocycles. The van der Waals surface area contributed by atoms with Crippen molar-refractivity contribution in [2.45, 2.75) is 6.42 Å². The first-order valence-electron chi connectivity index (χ1n) is 4.65. The lowest BCUT2D eigenvalue weighted by atomic mass is 10.0. The molecule has 0 aliphatic rings. The van der Waals surface area contributed by atoms with E-state index in [4.69, 9.17) is 27.9 Å². The van der Waals surface area contributed by atoms with Crippen LogP contribution < -0.4 is 4.74 Å². The standard InChI is InChI=1S/C11H13BrCl2O/c1-15-11-3-2-8(5-10(11)12)4-9(6-13)7-14/h2-3,5,9H,4,6-7H2,1H3. The van der Waals surface area contributed by atoms with Crippen LogP contribution in [-0.2, 0) is 6.42 Å². The molecule has 0 aliphatic carbocycles. The molecule has 1 nitrogen and oxygen atoms in total. The average Bonchev–Trinajstić information content (AvgIpc) is 2.26. The fraction of sp³-hybridized carbons (Fsp3) is 0.455. The number of halogens is 3. The molecule has 0 unspecified atom stereocenters. The van der Waals surface area contributed by atoms with Gasteiger partial charge in [0, 0.05) is 11.8 Å². The van der Waals surface area contributed by atoms with E-state index in [1.807, 2.05) is 18.2 Å². The van der Waals surface area contributed by atoms with Gasteiger partial charge in [0.1, 0.15) is 5.75 Å². The van der Waals surface area contributed by atoms with Crippen molar-refractivity contribution < 1.29 is 4.74 Å². The summed E-state index contributed by atoms with van der Waals surface area (Å²) in [7, 11) is 1.65. The lowest BCUT2D eigenvalue weighted by Gasteiger charge is -2.11. The van der Waals surface area contributed by atoms with Crippen LogP contribution in [0.5, 0.6) is 5.75 Å². The molecule has 15 heavy (non-hydrogen) atoms. The van der Waals surface area contributed by atoms with Crippen molar-refractivity contribution in [2.24, 2.45) is 5.92 Å². The number of ether oxygens (including phenoxy) is 1. The molecule has 4 heteroatoms. The first-order chi connectivity index (χ1) is 7.21. The molecule has 0 aromatic heterocycles. The highest BCUT2D eigenvalue weighted by Gasteiger charge is 2.08. The number of hydrogen-bond donors (Lipinski definition) is 0. The zero-order chi connectivity index (χ0) is 11.3. The van der Waals surface area contributed by atoms with Gasteiger partial charge in [-0.1, -0.05) is 6.07 Å². The van der Waals surface area contributed by atoms with Crippen molar-refractivity contribution in [3.63, 3.8) is 0 Å². The van der Waals surface area contributed by atoms with Gasteiger partial charge in [-0.3, -0.25) is 0 Å². The quantitative estimate of drug-likeness (QED) is 0.744. The van der Waals surface area contributed by atoms with Crippen LogP contribution in [0.4, 0.5) is 0 Å². The number of methoxy groups -OCH3 is 1. The van der Waals surface area contributed by atoms with E-state index in [0.717, 1.165) is 16.6 Å². The first-order valence-corrected chi connectivity index (χ1v) is 6.51. The molecule has 1 rings (SSSR count). The Labute approximate surface area is 109 Å². The normalized spacial score (nSPS) is 10.7. The van der Waals surface area contributed by atoms with E-state index >= 15 is 0 Å². The zero-order valence-electron chi connectivity index (χ0n) is 8.47. The molecule has 84 valence electrons. The van der Waals surface area contributed by atoms with Gasteiger partial charge in [0.05, 0.1) is 11.6 Å². The van der Waals surface area contributed by atoms with E-state index in [2.05, 4.69) is 15.9 Å². The van der Waals surface area contributed by atoms with Crippen molar-refractivity contribution in [1.82, 2.24) is 0 Å². The molecule has 0 radical (unpaired) electrons. The summed E-state index contributed by atoms with van der Waals surface area (Å²) in [5.74, 6) is 2.35. The third-order valence-electron chi connectivity index (χ3n) is 2.18. The molecule has 0 saturated carbocycles. The minimum absolute atomic E-state index is 0.327. The van der Waals surface area contributed by atoms with E-state index in [1.165, 1.54) is 5.56 Å². The summed E-state index contributed by atoms with van der Waals surface area (Å²) in [6, 6.07) is 6.03. The van der Waals surface area contributed by atoms with Gasteiger partial charge in [0.2, 0.25) is 0 Å². The second-order valence-electron chi connectivity index (χ2n) is 3.35. The summed E-state index contributed by atoms with van der Waals surface area (Å²) in [6.07, 6.45) is 0.898. The highest BCUT2D eigenvalue weighted by Crippen LogP contribution is 2.26. The Morgan fingerprint density at radius 1 is 1.33 bits per heavy atom. The summed E-state index contributed by atoms with van der Waals surface area (Å²) in [5.41, 5.74) is 1.22. The van der Waals surface area contributed by atoms with Crippen LogP contribution in [0.15, 0.2) is 22.7 Å². The SMILES string of the molecule is COc1ccc(CC(CCl)CCl)cc1Br. The molecule has 0 heterocycles. The highest BCUT2D eigenvalue weighted by atomic mass is 79.9. The summed E-state index contributed by atoms with van der Waals surface area (Å²) in [5, 5.41) is 0. The van der Waals surface area contributed by atoms with Crippen molar-refractivity contribution in [1.29, 1.82) is 0 Å². The number of benzene rings is 1. The van der Waals surface area contributed by atoms with E-state index in [0.29, 0.717) is 17.7 Å². The van der Waals surface area contributed by atoms with Crippen LogP contribution in [-0.4, -0.2) is 18.9 Å². The third kappa shape index (κ3) is 3.86. The van der Waals surface area contributed by atoms with Crippen LogP contribution in [0.25, 0.3) is 0 Å². The largest absolute Gasteiger partial charge is 0.496 e. The van der Waals surface area contributed by atoms with Crippen LogP contribution in [0, 0.1) is 5.92 Å². The summed E-state index contributed by atoms with van der Waals surface area (Å²) >= 11 is 15.0. The average molecular weight is 312 g/mol. The smallest absolute Gasteiger partial charge is 0.133 e. The van der Waals surface area contributed by atoms with E-state index in [1.54, 1.807) is 7.11 Å². The third-order valence-corrected chi connectivity index (χ3v) is 3.67. The molecule has 0 amide bonds. The van der Waals surface area contributed by atoms with Crippen LogP contribution in [0.3, 0.4) is 0 Å². The maximum Gasteiger partial charge on any atom is 0.133 e. The molecule has 0 bridgehead atoms. The monoisotopic (exact) mass is 310 g/mol. The number of hydrogen-bond acceptors (Lipinski definition) is 1. The molecule has 1 aromatic carbocycles. The minimum Gasteiger partial charge on any atom is -0.496 e. The van der Waals surface area contributed by atoms with E-state index in [9.17, 15) is 0 Å². The van der Waals surface area contributed by atoms with Crippen LogP contribution >= 0.6 is 39.1 Å². The molecule has 1 aromatic rings. The second-order valence-corrected chi connectivity index (χ2v) is 4.82. The van der Waals surface area contributed by atoms with Crippen LogP contribution in [0.2, 0.25) is 0 Å². The molecule has 0 saturated heterocycles. The Morgan fingerprint density at radius 3 is 2.47 bits per heavy atom. The number of rotatable bonds is 5. The second kappa shape index (κ2) is 6.62. The fourth-order valence-electron chi connectivity index (χ4n) is 1.32. The Hall–Kier alpha value is 0.0800. The van der Waals surface area contributed by atoms with Gasteiger partial charge in [-0.15, -0.1) is 23.2 Å². The molecule has 0 fully saturated rings. The minimum atomic E-state index is 0.327. The highest BCUT2D eigenvalue weighted by molar-refractivity contribution is 9.10. The maximum absolute atomic E-state index is 5.80. The summed E-state index contributed by atoms with van der Waals surface area (Å²) < 4.78 is 6.12. The first kappa shape index (κ1) is 13.1. The molecule has 0 atom stereocenters. The van der Waals surface area contributed by atoms with Gasteiger partial charge in [-0.25, -0.2) is 0 Å². The van der Waals surface area contributed by atoms with Gasteiger partial charge < -0.3 is 4.74 Å². The topological polar surface area (TPSA) is 9.23 Å². The molecule has 0 N–H and O–H groups in total. The molecular formula is C11H13BrCl2O. The van der Waals surface area contributed by atoms with Gasteiger partial charge >= 0.3 is 0 Å². The predicted octanol–water partition coefficient (Wildman–Crippen LogP) is 4.09. The zero-order valence-corrected chi connectivity index (χ0v) is 11.6. The van der Waals surface area contributed by atoms with Crippen molar-refractivity contribution in [2.75, 3.05) is 18.9 Å². The maximum atomic E-state index is 5.80. The van der Waals surface area contributed by atoms with Crippen LogP contribution in [0.1, 0.15) is 5.56 Å². The Kier molecular flexibility index (Phi) is 5.80. The Morgan fingerprint density at radius 2 is 2.00 bits per heavy atom. The van der Waals surface area contributed by atoms with Gasteiger partial charge in [0.15, 0.2) is 0 Å². The summed E-state index contributed by atoms with van der Waals surface area (Å²) in [4.78, 5) is 0. The lowest BCUT2D eigenvalue weighted by molar-refractivity contribution is 0.412. The van der Waals surface area contributed by atoms with E-state index < -0.39 is 0 Å².